The third-order valence-electron chi connectivity index (χ3n) is 3.03. The number of hydrogen-bond acceptors (Lipinski definition) is 2. The van der Waals surface area contributed by atoms with E-state index >= 15 is 0 Å². The van der Waals surface area contributed by atoms with Gasteiger partial charge >= 0.3 is 5.97 Å². The molecule has 2 nitrogen and oxygen atoms in total. The molecule has 0 spiro atoms. The van der Waals surface area contributed by atoms with Crippen LogP contribution >= 0.6 is 18.9 Å². The summed E-state index contributed by atoms with van der Waals surface area (Å²) in [6.45, 7) is 2.18. The summed E-state index contributed by atoms with van der Waals surface area (Å²) in [4.78, 5) is 11.0. The highest BCUT2D eigenvalue weighted by atomic mass is 32.1. The van der Waals surface area contributed by atoms with Crippen LogP contribution in [0.15, 0.2) is 29.6 Å². The van der Waals surface area contributed by atoms with E-state index in [1.165, 1.54) is 20.3 Å². The third kappa shape index (κ3) is 1.50. The Morgan fingerprint density at radius 1 is 1.35 bits per heavy atom. The number of carboxylic acids is 1. The highest BCUT2D eigenvalue weighted by molar-refractivity contribution is 7.61. The molecule has 3 rings (SSSR count). The van der Waals surface area contributed by atoms with E-state index in [0.29, 0.717) is 5.56 Å². The molecule has 1 aromatic carbocycles. The SMILES string of the molecule is CCp1c2cc(C(=O)O)ccc2c2sccc21. The van der Waals surface area contributed by atoms with E-state index < -0.39 is 5.97 Å². The Balaban J connectivity index is 2.45. The summed E-state index contributed by atoms with van der Waals surface area (Å²) in [6, 6.07) is 7.72. The fourth-order valence-electron chi connectivity index (χ4n) is 2.27. The lowest BCUT2D eigenvalue weighted by atomic mass is 10.2. The molecular weight excluding hydrogens is 251 g/mol. The first-order valence-electron chi connectivity index (χ1n) is 5.45. The number of carboxylic acid groups (broad SMARTS) is 1. The molecule has 3 aromatic rings. The second kappa shape index (κ2) is 3.86. The summed E-state index contributed by atoms with van der Waals surface area (Å²) >= 11 is 1.76. The summed E-state index contributed by atoms with van der Waals surface area (Å²) < 4.78 is 1.34. The van der Waals surface area contributed by atoms with E-state index in [0.717, 1.165) is 6.16 Å². The highest BCUT2D eigenvalue weighted by Gasteiger charge is 2.13. The summed E-state index contributed by atoms with van der Waals surface area (Å²) in [6.07, 6.45) is 1.08. The standard InChI is InChI=1S/C13H11O2PS/c1-2-16-10-5-6-17-12(10)9-4-3-8(13(14)15)7-11(9)16/h3-7H,2H2,1H3,(H,14,15). The molecule has 2 aromatic heterocycles. The molecule has 0 saturated carbocycles. The van der Waals surface area contributed by atoms with E-state index in [1.54, 1.807) is 17.4 Å². The summed E-state index contributed by atoms with van der Waals surface area (Å²) in [7, 11) is -0.331. The molecule has 17 heavy (non-hydrogen) atoms. The number of fused-ring (bicyclic) bond motifs is 3. The van der Waals surface area contributed by atoms with E-state index in [2.05, 4.69) is 18.4 Å². The van der Waals surface area contributed by atoms with Crippen molar-refractivity contribution >= 4 is 45.2 Å². The molecular formula is C13H11O2PS. The molecule has 1 N–H and O–H groups in total. The summed E-state index contributed by atoms with van der Waals surface area (Å²) in [5.41, 5.74) is 0.403. The molecule has 0 saturated heterocycles. The van der Waals surface area contributed by atoms with Crippen LogP contribution in [0.4, 0.5) is 0 Å². The number of carbonyl (C=O) groups is 1. The van der Waals surface area contributed by atoms with Crippen LogP contribution in [0.3, 0.4) is 0 Å². The molecule has 1 unspecified atom stereocenters. The highest BCUT2D eigenvalue weighted by Crippen LogP contribution is 2.51. The van der Waals surface area contributed by atoms with Crippen molar-refractivity contribution in [3.63, 3.8) is 0 Å². The molecule has 0 amide bonds. The average Bonchev–Trinajstić information content (AvgIpc) is 2.87. The van der Waals surface area contributed by atoms with Gasteiger partial charge in [-0.25, -0.2) is 4.79 Å². The van der Waals surface area contributed by atoms with Gasteiger partial charge in [0.2, 0.25) is 0 Å². The molecule has 0 bridgehead atoms. The van der Waals surface area contributed by atoms with Crippen LogP contribution in [0.5, 0.6) is 0 Å². The summed E-state index contributed by atoms with van der Waals surface area (Å²) in [5.74, 6) is -0.839. The van der Waals surface area contributed by atoms with Gasteiger partial charge in [-0.05, 0) is 29.7 Å². The maximum absolute atomic E-state index is 11.0. The number of benzene rings is 1. The molecule has 0 aliphatic rings. The second-order valence-corrected chi connectivity index (χ2v) is 7.28. The Labute approximate surface area is 104 Å². The molecule has 2 heterocycles. The minimum atomic E-state index is -0.839. The first-order valence-corrected chi connectivity index (χ1v) is 7.85. The number of thiophene rings is 1. The minimum Gasteiger partial charge on any atom is -0.478 e. The van der Waals surface area contributed by atoms with Gasteiger partial charge in [-0.15, -0.1) is 18.9 Å². The van der Waals surface area contributed by atoms with Gasteiger partial charge < -0.3 is 5.11 Å². The number of aryl methyl sites for hydroxylation is 1. The smallest absolute Gasteiger partial charge is 0.335 e. The van der Waals surface area contributed by atoms with Crippen LogP contribution in [0.1, 0.15) is 17.3 Å². The maximum Gasteiger partial charge on any atom is 0.335 e. The lowest BCUT2D eigenvalue weighted by Gasteiger charge is -1.99. The molecule has 0 radical (unpaired) electrons. The Morgan fingerprint density at radius 2 is 2.18 bits per heavy atom. The second-order valence-electron chi connectivity index (χ2n) is 3.92. The van der Waals surface area contributed by atoms with Crippen LogP contribution in [0.2, 0.25) is 0 Å². The van der Waals surface area contributed by atoms with Crippen LogP contribution in [0.25, 0.3) is 20.3 Å². The van der Waals surface area contributed by atoms with Gasteiger partial charge in [0.25, 0.3) is 0 Å². The van der Waals surface area contributed by atoms with Crippen LogP contribution in [0, 0.1) is 0 Å². The summed E-state index contributed by atoms with van der Waals surface area (Å²) in [5, 5.41) is 15.1. The lowest BCUT2D eigenvalue weighted by Crippen LogP contribution is -1.94. The van der Waals surface area contributed by atoms with Gasteiger partial charge in [0.05, 0.1) is 5.56 Å². The molecule has 4 heteroatoms. The van der Waals surface area contributed by atoms with Gasteiger partial charge in [-0.3, -0.25) is 0 Å². The van der Waals surface area contributed by atoms with Gasteiger partial charge in [-0.1, -0.05) is 13.0 Å². The van der Waals surface area contributed by atoms with Gasteiger partial charge in [-0.2, -0.15) is 0 Å². The van der Waals surface area contributed by atoms with Crippen LogP contribution < -0.4 is 0 Å². The Kier molecular flexibility index (Phi) is 2.46. The Morgan fingerprint density at radius 3 is 2.88 bits per heavy atom. The number of rotatable bonds is 2. The Bertz CT molecular complexity index is 724. The predicted molar refractivity (Wildman–Crippen MR) is 74.7 cm³/mol. The largest absolute Gasteiger partial charge is 0.478 e. The van der Waals surface area contributed by atoms with Gasteiger partial charge in [0.1, 0.15) is 0 Å². The Hall–Kier alpha value is -1.31. The van der Waals surface area contributed by atoms with E-state index in [1.807, 2.05) is 12.1 Å². The van der Waals surface area contributed by atoms with Crippen LogP contribution in [-0.2, 0) is 6.16 Å². The van der Waals surface area contributed by atoms with E-state index in [4.69, 9.17) is 5.11 Å². The zero-order valence-electron chi connectivity index (χ0n) is 9.30. The van der Waals surface area contributed by atoms with Crippen LogP contribution in [-0.4, -0.2) is 11.1 Å². The van der Waals surface area contributed by atoms with Crippen molar-refractivity contribution in [1.29, 1.82) is 0 Å². The zero-order chi connectivity index (χ0) is 12.0. The zero-order valence-corrected chi connectivity index (χ0v) is 11.0. The fourth-order valence-corrected chi connectivity index (χ4v) is 6.10. The van der Waals surface area contributed by atoms with E-state index in [-0.39, 0.29) is 7.53 Å². The first-order chi connectivity index (χ1) is 8.22. The van der Waals surface area contributed by atoms with Gasteiger partial charge in [0.15, 0.2) is 0 Å². The third-order valence-corrected chi connectivity index (χ3v) is 6.67. The molecule has 86 valence electrons. The minimum absolute atomic E-state index is 0.331. The topological polar surface area (TPSA) is 37.3 Å². The molecule has 0 aliphatic carbocycles. The van der Waals surface area contributed by atoms with Crippen molar-refractivity contribution in [2.75, 3.05) is 0 Å². The average molecular weight is 262 g/mol. The predicted octanol–water partition coefficient (Wildman–Crippen LogP) is 4.76. The normalized spacial score (nSPS) is 12.4. The quantitative estimate of drug-likeness (QED) is 0.723. The molecule has 0 aliphatic heterocycles. The molecule has 0 fully saturated rings. The van der Waals surface area contributed by atoms with Crippen molar-refractivity contribution in [2.45, 2.75) is 13.1 Å². The number of hydrogen-bond donors (Lipinski definition) is 1. The number of aromatic carboxylic acids is 1. The fraction of sp³-hybridized carbons (Fsp3) is 0.154. The van der Waals surface area contributed by atoms with E-state index in [9.17, 15) is 4.79 Å². The van der Waals surface area contributed by atoms with Crippen molar-refractivity contribution in [1.82, 2.24) is 0 Å². The monoisotopic (exact) mass is 262 g/mol. The van der Waals surface area contributed by atoms with Gasteiger partial charge in [0, 0.05) is 20.3 Å². The lowest BCUT2D eigenvalue weighted by molar-refractivity contribution is 0.0697. The van der Waals surface area contributed by atoms with Crippen molar-refractivity contribution in [2.24, 2.45) is 0 Å². The first kappa shape index (κ1) is 10.8. The maximum atomic E-state index is 11.0. The van der Waals surface area contributed by atoms with Crippen molar-refractivity contribution < 1.29 is 9.90 Å². The molecule has 1 atom stereocenters. The van der Waals surface area contributed by atoms with Crippen molar-refractivity contribution in [3.8, 4) is 0 Å². The van der Waals surface area contributed by atoms with Crippen molar-refractivity contribution in [3.05, 3.63) is 35.2 Å².